The summed E-state index contributed by atoms with van der Waals surface area (Å²) in [4.78, 5) is 13.9. The third-order valence-electron chi connectivity index (χ3n) is 3.74. The van der Waals surface area contributed by atoms with Crippen LogP contribution in [0.15, 0.2) is 18.2 Å². The summed E-state index contributed by atoms with van der Waals surface area (Å²) in [5.41, 5.74) is -0.468. The lowest BCUT2D eigenvalue weighted by molar-refractivity contribution is -0.138. The Morgan fingerprint density at radius 2 is 2.11 bits per heavy atom. The minimum atomic E-state index is -4.48. The van der Waals surface area contributed by atoms with E-state index in [4.69, 9.17) is 0 Å². The Labute approximate surface area is 108 Å². The highest BCUT2D eigenvalue weighted by Crippen LogP contribution is 2.36. The van der Waals surface area contributed by atoms with E-state index in [1.165, 1.54) is 6.07 Å². The van der Waals surface area contributed by atoms with Crippen LogP contribution in [0, 0.1) is 0 Å². The van der Waals surface area contributed by atoms with Crippen LogP contribution >= 0.6 is 0 Å². The molecule has 1 saturated heterocycles. The molecule has 1 aromatic carbocycles. The predicted molar refractivity (Wildman–Crippen MR) is 62.8 cm³/mol. The monoisotopic (exact) mass is 270 g/mol. The summed E-state index contributed by atoms with van der Waals surface area (Å²) < 4.78 is 39.0. The number of alkyl halides is 3. The van der Waals surface area contributed by atoms with Crippen LogP contribution in [-0.4, -0.2) is 36.5 Å². The average molecular weight is 270 g/mol. The highest BCUT2D eigenvalue weighted by atomic mass is 19.4. The molecular formula is C13H13F3N2O. The summed E-state index contributed by atoms with van der Waals surface area (Å²) >= 11 is 0. The molecule has 0 saturated carbocycles. The van der Waals surface area contributed by atoms with Crippen molar-refractivity contribution in [2.45, 2.75) is 18.6 Å². The van der Waals surface area contributed by atoms with E-state index in [-0.39, 0.29) is 11.6 Å². The fourth-order valence-electron chi connectivity index (χ4n) is 2.87. The van der Waals surface area contributed by atoms with Gasteiger partial charge in [-0.05, 0) is 18.1 Å². The van der Waals surface area contributed by atoms with Gasteiger partial charge < -0.3 is 10.2 Å². The van der Waals surface area contributed by atoms with Crippen molar-refractivity contribution in [3.05, 3.63) is 34.9 Å². The van der Waals surface area contributed by atoms with E-state index in [1.807, 2.05) is 0 Å². The fraction of sp³-hybridized carbons (Fsp3) is 0.462. The Balaban J connectivity index is 2.10. The number of hydrogen-bond donors (Lipinski definition) is 1. The molecule has 2 heterocycles. The number of rotatable bonds is 0. The van der Waals surface area contributed by atoms with Gasteiger partial charge >= 0.3 is 6.18 Å². The third kappa shape index (κ3) is 2.00. The van der Waals surface area contributed by atoms with Crippen LogP contribution < -0.4 is 5.32 Å². The maximum atomic E-state index is 13.0. The van der Waals surface area contributed by atoms with Crippen LogP contribution in [0.2, 0.25) is 0 Å². The summed E-state index contributed by atoms with van der Waals surface area (Å²) in [6, 6.07) is 3.95. The predicted octanol–water partition coefficient (Wildman–Crippen LogP) is 1.68. The van der Waals surface area contributed by atoms with Crippen molar-refractivity contribution in [2.24, 2.45) is 0 Å². The average Bonchev–Trinajstić information content (AvgIpc) is 2.37. The first-order chi connectivity index (χ1) is 8.98. The zero-order valence-electron chi connectivity index (χ0n) is 10.1. The Morgan fingerprint density at radius 1 is 1.32 bits per heavy atom. The van der Waals surface area contributed by atoms with Gasteiger partial charge in [-0.1, -0.05) is 12.1 Å². The van der Waals surface area contributed by atoms with Crippen molar-refractivity contribution in [1.29, 1.82) is 0 Å². The van der Waals surface area contributed by atoms with Crippen LogP contribution in [0.25, 0.3) is 0 Å². The van der Waals surface area contributed by atoms with E-state index in [2.05, 4.69) is 5.32 Å². The molecule has 0 spiro atoms. The van der Waals surface area contributed by atoms with E-state index < -0.39 is 17.6 Å². The minimum absolute atomic E-state index is 0.0303. The minimum Gasteiger partial charge on any atom is -0.333 e. The Morgan fingerprint density at radius 3 is 2.84 bits per heavy atom. The molecule has 1 N–H and O–H groups in total. The van der Waals surface area contributed by atoms with Gasteiger partial charge in [0.05, 0.1) is 11.1 Å². The third-order valence-corrected chi connectivity index (χ3v) is 3.74. The topological polar surface area (TPSA) is 32.3 Å². The number of benzene rings is 1. The summed E-state index contributed by atoms with van der Waals surface area (Å²) in [5.74, 6) is -0.485. The zero-order chi connectivity index (χ0) is 13.6. The number of hydrogen-bond acceptors (Lipinski definition) is 2. The molecule has 3 rings (SSSR count). The first-order valence-corrected chi connectivity index (χ1v) is 6.19. The maximum Gasteiger partial charge on any atom is 0.417 e. The maximum absolute atomic E-state index is 13.0. The first kappa shape index (κ1) is 12.5. The number of amides is 1. The summed E-state index contributed by atoms with van der Waals surface area (Å²) in [6.07, 6.45) is -4.00. The van der Waals surface area contributed by atoms with Crippen LogP contribution in [0.4, 0.5) is 13.2 Å². The first-order valence-electron chi connectivity index (χ1n) is 6.19. The van der Waals surface area contributed by atoms with E-state index in [0.29, 0.717) is 31.6 Å². The Kier molecular flexibility index (Phi) is 2.78. The summed E-state index contributed by atoms with van der Waals surface area (Å²) in [6.45, 7) is 1.74. The van der Waals surface area contributed by atoms with Crippen LogP contribution in [0.5, 0.6) is 0 Å². The quantitative estimate of drug-likeness (QED) is 0.778. The van der Waals surface area contributed by atoms with Crippen LogP contribution in [0.1, 0.15) is 21.5 Å². The number of carbonyl (C=O) groups is 1. The molecule has 2 aliphatic rings. The molecule has 1 fully saturated rings. The molecule has 1 aromatic rings. The number of halogens is 3. The van der Waals surface area contributed by atoms with Gasteiger partial charge in [-0.15, -0.1) is 0 Å². The summed E-state index contributed by atoms with van der Waals surface area (Å²) in [5, 5.41) is 3.16. The molecule has 1 atom stereocenters. The van der Waals surface area contributed by atoms with Crippen molar-refractivity contribution < 1.29 is 18.0 Å². The molecule has 0 unspecified atom stereocenters. The molecule has 0 aromatic heterocycles. The molecular weight excluding hydrogens is 257 g/mol. The number of nitrogens with one attached hydrogen (secondary N) is 1. The highest BCUT2D eigenvalue weighted by molar-refractivity contribution is 5.98. The van der Waals surface area contributed by atoms with Crippen molar-refractivity contribution in [2.75, 3.05) is 19.6 Å². The van der Waals surface area contributed by atoms with Gasteiger partial charge in [-0.2, -0.15) is 13.2 Å². The van der Waals surface area contributed by atoms with E-state index in [0.717, 1.165) is 6.07 Å². The molecule has 102 valence electrons. The van der Waals surface area contributed by atoms with E-state index >= 15 is 0 Å². The summed E-state index contributed by atoms with van der Waals surface area (Å²) in [7, 11) is 0. The van der Waals surface area contributed by atoms with Crippen LogP contribution in [-0.2, 0) is 12.6 Å². The number of fused-ring (bicyclic) bond motifs is 2. The molecule has 0 bridgehead atoms. The molecule has 1 amide bonds. The second-order valence-electron chi connectivity index (χ2n) is 4.90. The van der Waals surface area contributed by atoms with Gasteiger partial charge in [-0.3, -0.25) is 4.79 Å². The number of piperazine rings is 1. The van der Waals surface area contributed by atoms with Gasteiger partial charge in [0.2, 0.25) is 0 Å². The zero-order valence-corrected chi connectivity index (χ0v) is 10.1. The fourth-order valence-corrected chi connectivity index (χ4v) is 2.87. The van der Waals surface area contributed by atoms with Crippen molar-refractivity contribution in [1.82, 2.24) is 10.2 Å². The van der Waals surface area contributed by atoms with Gasteiger partial charge in [0.1, 0.15) is 0 Å². The smallest absolute Gasteiger partial charge is 0.333 e. The second kappa shape index (κ2) is 4.23. The standard InChI is InChI=1S/C13H13F3N2O/c14-13(15,16)10-3-1-2-8-6-9-7-17-4-5-18(9)12(19)11(8)10/h1-3,9,17H,4-7H2/t9-/m1/s1. The van der Waals surface area contributed by atoms with Crippen molar-refractivity contribution in [3.8, 4) is 0 Å². The Bertz CT molecular complexity index is 527. The van der Waals surface area contributed by atoms with E-state index in [1.54, 1.807) is 11.0 Å². The Hall–Kier alpha value is -1.56. The van der Waals surface area contributed by atoms with Gasteiger partial charge in [0.25, 0.3) is 5.91 Å². The number of nitrogens with zero attached hydrogens (tertiary/aromatic N) is 1. The lowest BCUT2D eigenvalue weighted by atomic mass is 9.89. The molecule has 19 heavy (non-hydrogen) atoms. The normalized spacial score (nSPS) is 23.0. The van der Waals surface area contributed by atoms with Crippen molar-refractivity contribution in [3.63, 3.8) is 0 Å². The van der Waals surface area contributed by atoms with Crippen LogP contribution in [0.3, 0.4) is 0 Å². The van der Waals surface area contributed by atoms with Gasteiger partial charge in [-0.25, -0.2) is 0 Å². The largest absolute Gasteiger partial charge is 0.417 e. The number of carbonyl (C=O) groups excluding carboxylic acids is 1. The lowest BCUT2D eigenvalue weighted by Crippen LogP contribution is -2.57. The molecule has 2 aliphatic heterocycles. The van der Waals surface area contributed by atoms with Crippen molar-refractivity contribution >= 4 is 5.91 Å². The lowest BCUT2D eigenvalue weighted by Gasteiger charge is -2.40. The second-order valence-corrected chi connectivity index (χ2v) is 4.90. The van der Waals surface area contributed by atoms with E-state index in [9.17, 15) is 18.0 Å². The van der Waals surface area contributed by atoms with Gasteiger partial charge in [0, 0.05) is 25.7 Å². The molecule has 0 radical (unpaired) electrons. The van der Waals surface area contributed by atoms with Gasteiger partial charge in [0.15, 0.2) is 0 Å². The SMILES string of the molecule is O=C1c2c(cccc2C(F)(F)F)C[C@@H]2CNCCN12. The molecule has 3 nitrogen and oxygen atoms in total. The highest BCUT2D eigenvalue weighted by Gasteiger charge is 2.41. The molecule has 0 aliphatic carbocycles. The molecule has 6 heteroatoms.